The quantitative estimate of drug-likeness (QED) is 0.718. The minimum atomic E-state index is -0.800. The van der Waals surface area contributed by atoms with Gasteiger partial charge in [-0.3, -0.25) is 4.79 Å². The van der Waals surface area contributed by atoms with E-state index >= 15 is 0 Å². The molecule has 1 rings (SSSR count). The predicted molar refractivity (Wildman–Crippen MR) is 63.0 cm³/mol. The summed E-state index contributed by atoms with van der Waals surface area (Å²) >= 11 is 1.81. The van der Waals surface area contributed by atoms with Crippen LogP contribution < -0.4 is 11.1 Å². The highest BCUT2D eigenvalue weighted by Gasteiger charge is 2.38. The third-order valence-electron chi connectivity index (χ3n) is 2.45. The molecule has 5 heteroatoms. The first-order chi connectivity index (χ1) is 7.08. The summed E-state index contributed by atoms with van der Waals surface area (Å²) in [6, 6.07) is 0.170. The van der Waals surface area contributed by atoms with Crippen LogP contribution in [0.25, 0.3) is 0 Å². The van der Waals surface area contributed by atoms with E-state index in [0.29, 0.717) is 19.6 Å². The molecule has 88 valence electrons. The molecule has 4 nitrogen and oxygen atoms in total. The van der Waals surface area contributed by atoms with E-state index < -0.39 is 5.54 Å². The van der Waals surface area contributed by atoms with Crippen LogP contribution in [-0.4, -0.2) is 42.2 Å². The maximum atomic E-state index is 11.8. The van der Waals surface area contributed by atoms with Crippen LogP contribution in [0.3, 0.4) is 0 Å². The van der Waals surface area contributed by atoms with Gasteiger partial charge in [0, 0.05) is 18.4 Å². The normalized spacial score (nSPS) is 27.7. The van der Waals surface area contributed by atoms with E-state index in [4.69, 9.17) is 10.5 Å². The molecule has 2 atom stereocenters. The van der Waals surface area contributed by atoms with Crippen LogP contribution in [0.1, 0.15) is 20.3 Å². The number of amides is 1. The van der Waals surface area contributed by atoms with Crippen molar-refractivity contribution in [2.45, 2.75) is 31.8 Å². The van der Waals surface area contributed by atoms with Gasteiger partial charge in [0.05, 0.1) is 6.61 Å². The molecule has 0 radical (unpaired) electrons. The minimum Gasteiger partial charge on any atom is -0.379 e. The molecule has 1 saturated heterocycles. The molecule has 0 spiro atoms. The molecule has 0 aromatic rings. The molecule has 0 aromatic heterocycles. The Hall–Kier alpha value is -0.260. The number of ether oxygens (including phenoxy) is 1. The van der Waals surface area contributed by atoms with Crippen molar-refractivity contribution in [2.75, 3.05) is 24.7 Å². The van der Waals surface area contributed by atoms with Crippen molar-refractivity contribution in [2.24, 2.45) is 5.73 Å². The average molecular weight is 232 g/mol. The lowest BCUT2D eigenvalue weighted by molar-refractivity contribution is -0.126. The summed E-state index contributed by atoms with van der Waals surface area (Å²) in [5.41, 5.74) is 5.14. The van der Waals surface area contributed by atoms with Gasteiger partial charge in [-0.25, -0.2) is 0 Å². The summed E-state index contributed by atoms with van der Waals surface area (Å²) in [6.07, 6.45) is 0.618. The minimum absolute atomic E-state index is 0.0794. The summed E-state index contributed by atoms with van der Waals surface area (Å²) < 4.78 is 5.15. The summed E-state index contributed by atoms with van der Waals surface area (Å²) in [5, 5.41) is 2.93. The number of rotatable bonds is 5. The second-order valence-electron chi connectivity index (χ2n) is 3.99. The van der Waals surface area contributed by atoms with Gasteiger partial charge in [0.2, 0.25) is 5.91 Å². The Balaban J connectivity index is 2.34. The van der Waals surface area contributed by atoms with Crippen molar-refractivity contribution in [1.82, 2.24) is 5.32 Å². The SMILES string of the molecule is CCSCC(C)NC(=O)C1(N)CCOC1. The second-order valence-corrected chi connectivity index (χ2v) is 5.31. The van der Waals surface area contributed by atoms with Gasteiger partial charge in [0.15, 0.2) is 0 Å². The standard InChI is InChI=1S/C10H20N2O2S/c1-3-15-6-8(2)12-9(13)10(11)4-5-14-7-10/h8H,3-7,11H2,1-2H3,(H,12,13). The lowest BCUT2D eigenvalue weighted by Gasteiger charge is -2.23. The number of hydrogen-bond acceptors (Lipinski definition) is 4. The monoisotopic (exact) mass is 232 g/mol. The van der Waals surface area contributed by atoms with Crippen LogP contribution in [0.5, 0.6) is 0 Å². The third kappa shape index (κ3) is 3.66. The fraction of sp³-hybridized carbons (Fsp3) is 0.900. The Morgan fingerprint density at radius 1 is 1.73 bits per heavy atom. The molecule has 1 aliphatic rings. The van der Waals surface area contributed by atoms with E-state index in [1.807, 2.05) is 18.7 Å². The molecule has 0 bridgehead atoms. The highest BCUT2D eigenvalue weighted by atomic mass is 32.2. The zero-order valence-corrected chi connectivity index (χ0v) is 10.2. The maximum Gasteiger partial charge on any atom is 0.242 e. The first-order valence-electron chi connectivity index (χ1n) is 5.34. The highest BCUT2D eigenvalue weighted by molar-refractivity contribution is 7.99. The van der Waals surface area contributed by atoms with Crippen molar-refractivity contribution >= 4 is 17.7 Å². The van der Waals surface area contributed by atoms with Crippen LogP contribution >= 0.6 is 11.8 Å². The summed E-state index contributed by atoms with van der Waals surface area (Å²) in [6.45, 7) is 5.03. The second kappa shape index (κ2) is 5.72. The van der Waals surface area contributed by atoms with Gasteiger partial charge in [-0.15, -0.1) is 0 Å². The molecule has 2 unspecified atom stereocenters. The Labute approximate surface area is 95.3 Å². The number of nitrogens with two attached hydrogens (primary N) is 1. The Morgan fingerprint density at radius 2 is 2.47 bits per heavy atom. The number of thioether (sulfide) groups is 1. The molecule has 0 aliphatic carbocycles. The Kier molecular flexibility index (Phi) is 4.89. The van der Waals surface area contributed by atoms with Crippen LogP contribution in [0, 0.1) is 0 Å². The maximum absolute atomic E-state index is 11.8. The fourth-order valence-corrected chi connectivity index (χ4v) is 2.14. The molecule has 3 N–H and O–H groups in total. The summed E-state index contributed by atoms with van der Waals surface area (Å²) in [5.74, 6) is 1.92. The van der Waals surface area contributed by atoms with Crippen molar-refractivity contribution in [3.05, 3.63) is 0 Å². The first-order valence-corrected chi connectivity index (χ1v) is 6.49. The largest absolute Gasteiger partial charge is 0.379 e. The Morgan fingerprint density at radius 3 is 3.00 bits per heavy atom. The number of hydrogen-bond donors (Lipinski definition) is 2. The van der Waals surface area contributed by atoms with E-state index in [2.05, 4.69) is 12.2 Å². The zero-order chi connectivity index (χ0) is 11.3. The van der Waals surface area contributed by atoms with Crippen LogP contribution in [0.2, 0.25) is 0 Å². The molecule has 0 aromatic carbocycles. The number of carbonyl (C=O) groups is 1. The molecule has 15 heavy (non-hydrogen) atoms. The van der Waals surface area contributed by atoms with E-state index in [0.717, 1.165) is 11.5 Å². The van der Waals surface area contributed by atoms with E-state index in [9.17, 15) is 4.79 Å². The molecular weight excluding hydrogens is 212 g/mol. The lowest BCUT2D eigenvalue weighted by Crippen LogP contribution is -2.56. The van der Waals surface area contributed by atoms with Crippen molar-refractivity contribution in [3.63, 3.8) is 0 Å². The van der Waals surface area contributed by atoms with Crippen molar-refractivity contribution < 1.29 is 9.53 Å². The summed E-state index contributed by atoms with van der Waals surface area (Å²) in [4.78, 5) is 11.8. The zero-order valence-electron chi connectivity index (χ0n) is 9.41. The Bertz CT molecular complexity index is 217. The smallest absolute Gasteiger partial charge is 0.242 e. The van der Waals surface area contributed by atoms with E-state index in [1.54, 1.807) is 0 Å². The van der Waals surface area contributed by atoms with E-state index in [-0.39, 0.29) is 11.9 Å². The molecule has 0 saturated carbocycles. The number of nitrogens with one attached hydrogen (secondary N) is 1. The number of carbonyl (C=O) groups excluding carboxylic acids is 1. The third-order valence-corrected chi connectivity index (χ3v) is 3.60. The molecule has 1 fully saturated rings. The van der Waals surface area contributed by atoms with Crippen LogP contribution in [0.4, 0.5) is 0 Å². The van der Waals surface area contributed by atoms with Crippen LogP contribution in [0.15, 0.2) is 0 Å². The highest BCUT2D eigenvalue weighted by Crippen LogP contribution is 2.15. The molecule has 1 aliphatic heterocycles. The van der Waals surface area contributed by atoms with Crippen LogP contribution in [-0.2, 0) is 9.53 Å². The van der Waals surface area contributed by atoms with Gasteiger partial charge < -0.3 is 15.8 Å². The molecular formula is C10H20N2O2S. The van der Waals surface area contributed by atoms with Gasteiger partial charge in [0.1, 0.15) is 5.54 Å². The molecule has 1 amide bonds. The topological polar surface area (TPSA) is 64.4 Å². The van der Waals surface area contributed by atoms with Gasteiger partial charge in [-0.1, -0.05) is 6.92 Å². The predicted octanol–water partition coefficient (Wildman–Crippen LogP) is 0.362. The van der Waals surface area contributed by atoms with Crippen molar-refractivity contribution in [1.29, 1.82) is 0 Å². The molecule has 1 heterocycles. The van der Waals surface area contributed by atoms with Gasteiger partial charge in [-0.2, -0.15) is 11.8 Å². The average Bonchev–Trinajstić information content (AvgIpc) is 2.63. The van der Waals surface area contributed by atoms with Gasteiger partial charge in [0.25, 0.3) is 0 Å². The van der Waals surface area contributed by atoms with Gasteiger partial charge in [-0.05, 0) is 19.1 Å². The fourth-order valence-electron chi connectivity index (χ4n) is 1.46. The van der Waals surface area contributed by atoms with Crippen molar-refractivity contribution in [3.8, 4) is 0 Å². The van der Waals surface area contributed by atoms with E-state index in [1.165, 1.54) is 0 Å². The first kappa shape index (κ1) is 12.8. The summed E-state index contributed by atoms with van der Waals surface area (Å²) in [7, 11) is 0. The van der Waals surface area contributed by atoms with Gasteiger partial charge >= 0.3 is 0 Å². The lowest BCUT2D eigenvalue weighted by atomic mass is 9.99.